The van der Waals surface area contributed by atoms with Gasteiger partial charge in [0.05, 0.1) is 16.1 Å². The zero-order chi connectivity index (χ0) is 15.6. The Balaban J connectivity index is 3.40. The van der Waals surface area contributed by atoms with E-state index in [-0.39, 0.29) is 12.0 Å². The Morgan fingerprint density at radius 1 is 1.76 bits per heavy atom. The maximum Gasteiger partial charge on any atom is 0.322 e. The third-order valence-electron chi connectivity index (χ3n) is 1.94. The minimum Gasteiger partial charge on any atom is -0.502 e. The van der Waals surface area contributed by atoms with Gasteiger partial charge >= 0.3 is 11.7 Å². The summed E-state index contributed by atoms with van der Waals surface area (Å²) in [5, 5.41) is 20.2. The van der Waals surface area contributed by atoms with E-state index in [0.29, 0.717) is 0 Å². The highest BCUT2D eigenvalue weighted by molar-refractivity contribution is 5.75. The molecular weight excluding hydrogens is 228 g/mol. The number of carbonyl (C=O) groups is 1. The van der Waals surface area contributed by atoms with E-state index in [1.54, 1.807) is 0 Å². The average molecular weight is 243 g/mol. The van der Waals surface area contributed by atoms with Crippen LogP contribution in [0.1, 0.15) is 9.68 Å². The lowest BCUT2D eigenvalue weighted by Crippen LogP contribution is -2.33. The van der Waals surface area contributed by atoms with Gasteiger partial charge in [-0.2, -0.15) is 0 Å². The molecule has 7 heteroatoms. The molecule has 0 radical (unpaired) electrons. The Hall–Kier alpha value is -2.15. The number of nitro groups is 1. The standard InChI is InChI=1S/C10H12N2O5/c1-17-10(14)7(11)4-6-2-3-9(13)8(5-6)12(15)16/h2-3,5,7,13H,4,11H2,1H3/t7-/m0/s1/i2D,3D,5D. The predicted molar refractivity (Wildman–Crippen MR) is 58.5 cm³/mol. The van der Waals surface area contributed by atoms with Crippen LogP contribution >= 0.6 is 0 Å². The van der Waals surface area contributed by atoms with Crippen molar-refractivity contribution in [2.45, 2.75) is 12.5 Å². The molecule has 0 bridgehead atoms. The van der Waals surface area contributed by atoms with Crippen LogP contribution in [0.5, 0.6) is 5.75 Å². The van der Waals surface area contributed by atoms with Gasteiger partial charge in [-0.05, 0) is 18.0 Å². The lowest BCUT2D eigenvalue weighted by molar-refractivity contribution is -0.385. The molecule has 7 nitrogen and oxygen atoms in total. The summed E-state index contributed by atoms with van der Waals surface area (Å²) in [4.78, 5) is 21.0. The number of benzene rings is 1. The number of ether oxygens (including phenoxy) is 1. The Morgan fingerprint density at radius 2 is 2.41 bits per heavy atom. The van der Waals surface area contributed by atoms with Crippen LogP contribution in [0.3, 0.4) is 0 Å². The van der Waals surface area contributed by atoms with Crippen LogP contribution in [0.25, 0.3) is 0 Å². The molecule has 1 aromatic carbocycles. The summed E-state index contributed by atoms with van der Waals surface area (Å²) in [5.74, 6) is -1.87. The molecule has 3 N–H and O–H groups in total. The van der Waals surface area contributed by atoms with Gasteiger partial charge < -0.3 is 15.6 Å². The minimum atomic E-state index is -1.23. The van der Waals surface area contributed by atoms with Gasteiger partial charge in [0.15, 0.2) is 5.75 Å². The summed E-state index contributed by atoms with van der Waals surface area (Å²) >= 11 is 0. The number of rotatable bonds is 4. The van der Waals surface area contributed by atoms with E-state index in [1.807, 2.05) is 0 Å². The molecule has 0 unspecified atom stereocenters. The maximum atomic E-state index is 11.2. The molecule has 1 aromatic rings. The van der Waals surface area contributed by atoms with E-state index < -0.39 is 46.5 Å². The van der Waals surface area contributed by atoms with Crippen LogP contribution < -0.4 is 5.73 Å². The molecule has 0 amide bonds. The van der Waals surface area contributed by atoms with Gasteiger partial charge in [-0.1, -0.05) is 6.04 Å². The van der Waals surface area contributed by atoms with Gasteiger partial charge in [0.25, 0.3) is 0 Å². The number of nitrogens with zero attached hydrogens (tertiary/aromatic N) is 1. The summed E-state index contributed by atoms with van der Waals surface area (Å²) in [5.41, 5.74) is 4.22. The van der Waals surface area contributed by atoms with Gasteiger partial charge in [-0.15, -0.1) is 0 Å². The number of aromatic hydroxyl groups is 1. The highest BCUT2D eigenvalue weighted by Gasteiger charge is 2.18. The largest absolute Gasteiger partial charge is 0.502 e. The molecule has 1 atom stereocenters. The fraction of sp³-hybridized carbons (Fsp3) is 0.300. The van der Waals surface area contributed by atoms with Crippen molar-refractivity contribution in [2.24, 2.45) is 5.73 Å². The van der Waals surface area contributed by atoms with Crippen LogP contribution in [-0.2, 0) is 16.0 Å². The molecule has 0 aliphatic carbocycles. The quantitative estimate of drug-likeness (QED) is 0.447. The number of phenols is 1. The van der Waals surface area contributed by atoms with Gasteiger partial charge in [0.1, 0.15) is 6.04 Å². The van der Waals surface area contributed by atoms with Gasteiger partial charge in [0, 0.05) is 6.04 Å². The van der Waals surface area contributed by atoms with Gasteiger partial charge in [0.2, 0.25) is 0 Å². The normalized spacial score (nSPS) is 14.4. The monoisotopic (exact) mass is 243 g/mol. The number of phenolic OH excluding ortho intramolecular Hbond substituents is 1. The fourth-order valence-electron chi connectivity index (χ4n) is 1.12. The van der Waals surface area contributed by atoms with Crippen molar-refractivity contribution in [1.82, 2.24) is 0 Å². The van der Waals surface area contributed by atoms with Gasteiger partial charge in [-0.3, -0.25) is 14.9 Å². The third kappa shape index (κ3) is 3.15. The fourth-order valence-corrected chi connectivity index (χ4v) is 1.12. The molecule has 0 saturated carbocycles. The Bertz CT molecular complexity index is 579. The second kappa shape index (κ2) is 5.26. The second-order valence-corrected chi connectivity index (χ2v) is 3.14. The maximum absolute atomic E-state index is 11.2. The smallest absolute Gasteiger partial charge is 0.322 e. The van der Waals surface area contributed by atoms with Crippen LogP contribution in [0, 0.1) is 10.1 Å². The minimum absolute atomic E-state index is 0.266. The predicted octanol–water partition coefficient (Wildman–Crippen LogP) is 0.343. The first-order chi connectivity index (χ1) is 9.22. The first-order valence-electron chi connectivity index (χ1n) is 6.01. The molecule has 0 fully saturated rings. The average Bonchev–Trinajstić information content (AvgIpc) is 2.39. The van der Waals surface area contributed by atoms with E-state index in [4.69, 9.17) is 9.85 Å². The Labute approximate surface area is 101 Å². The lowest BCUT2D eigenvalue weighted by Gasteiger charge is -2.09. The van der Waals surface area contributed by atoms with Crippen molar-refractivity contribution in [2.75, 3.05) is 7.11 Å². The van der Waals surface area contributed by atoms with E-state index in [0.717, 1.165) is 7.11 Å². The highest BCUT2D eigenvalue weighted by atomic mass is 16.6. The lowest BCUT2D eigenvalue weighted by atomic mass is 10.1. The number of nitro benzene ring substituents is 1. The zero-order valence-corrected chi connectivity index (χ0v) is 8.89. The number of carbonyl (C=O) groups excluding carboxylic acids is 1. The highest BCUT2D eigenvalue weighted by Crippen LogP contribution is 2.26. The number of hydrogen-bond donors (Lipinski definition) is 2. The van der Waals surface area contributed by atoms with Crippen molar-refractivity contribution in [3.63, 3.8) is 0 Å². The van der Waals surface area contributed by atoms with Gasteiger partial charge in [-0.25, -0.2) is 0 Å². The molecule has 0 heterocycles. The second-order valence-electron chi connectivity index (χ2n) is 3.14. The summed E-state index contributed by atoms with van der Waals surface area (Å²) < 4.78 is 27.1. The van der Waals surface area contributed by atoms with Crippen molar-refractivity contribution in [3.05, 3.63) is 33.8 Å². The van der Waals surface area contributed by atoms with E-state index in [1.165, 1.54) is 0 Å². The first kappa shape index (κ1) is 8.94. The molecule has 1 rings (SSSR count). The first-order valence-corrected chi connectivity index (χ1v) is 4.51. The molecule has 0 spiro atoms. The molecule has 0 saturated heterocycles. The van der Waals surface area contributed by atoms with E-state index >= 15 is 0 Å². The number of esters is 1. The summed E-state index contributed by atoms with van der Waals surface area (Å²) in [7, 11) is 1.10. The SMILES string of the molecule is [2H]c1c([2H])c(C[C@H](N)C(=O)OC)c([2H])c([N+](=O)[O-])c1O. The molecule has 92 valence electrons. The Morgan fingerprint density at radius 3 is 2.94 bits per heavy atom. The topological polar surface area (TPSA) is 116 Å². The molecule has 0 aliphatic heterocycles. The summed E-state index contributed by atoms with van der Waals surface area (Å²) in [6.45, 7) is 0. The number of hydrogen-bond acceptors (Lipinski definition) is 6. The van der Waals surface area contributed by atoms with E-state index in [2.05, 4.69) is 4.74 Å². The van der Waals surface area contributed by atoms with Crippen LogP contribution in [0.4, 0.5) is 5.69 Å². The number of nitrogens with two attached hydrogens (primary N) is 1. The Kier molecular flexibility index (Phi) is 2.77. The summed E-state index contributed by atoms with van der Waals surface area (Å²) in [6.07, 6.45) is -0.378. The molecular formula is C10H12N2O5. The van der Waals surface area contributed by atoms with Crippen molar-refractivity contribution < 1.29 is 23.7 Å². The molecule has 17 heavy (non-hydrogen) atoms. The van der Waals surface area contributed by atoms with Crippen molar-refractivity contribution in [3.8, 4) is 5.75 Å². The van der Waals surface area contributed by atoms with Crippen molar-refractivity contribution in [1.29, 1.82) is 0 Å². The van der Waals surface area contributed by atoms with Crippen LogP contribution in [0.2, 0.25) is 0 Å². The van der Waals surface area contributed by atoms with E-state index in [9.17, 15) is 20.0 Å². The summed E-state index contributed by atoms with van der Waals surface area (Å²) in [6, 6.07) is -3.35. The zero-order valence-electron chi connectivity index (χ0n) is 11.9. The third-order valence-corrected chi connectivity index (χ3v) is 1.94. The van der Waals surface area contributed by atoms with Crippen LogP contribution in [-0.4, -0.2) is 29.2 Å². The molecule has 0 aliphatic rings. The van der Waals surface area contributed by atoms with Crippen LogP contribution in [0.15, 0.2) is 18.1 Å². The number of methoxy groups -OCH3 is 1. The van der Waals surface area contributed by atoms with Crippen molar-refractivity contribution >= 4 is 11.7 Å². The molecule has 0 aromatic heterocycles.